The molecule has 0 atom stereocenters. The molecule has 0 amide bonds. The van der Waals surface area contributed by atoms with Crippen molar-refractivity contribution in [1.82, 2.24) is 0 Å². The van der Waals surface area contributed by atoms with Crippen molar-refractivity contribution in [3.8, 4) is 0 Å². The van der Waals surface area contributed by atoms with Gasteiger partial charge in [0.1, 0.15) is 12.2 Å². The van der Waals surface area contributed by atoms with Gasteiger partial charge in [0.05, 0.1) is 92.5 Å². The van der Waals surface area contributed by atoms with Gasteiger partial charge in [-0.15, -0.1) is 0 Å². The fourth-order valence-electron chi connectivity index (χ4n) is 3.93. The lowest BCUT2D eigenvalue weighted by atomic mass is 10.1. The summed E-state index contributed by atoms with van der Waals surface area (Å²) in [5.41, 5.74) is -0.502. The lowest BCUT2D eigenvalue weighted by Gasteiger charge is -2.19. The second-order valence-electron chi connectivity index (χ2n) is 11.5. The predicted molar refractivity (Wildman–Crippen MR) is 169 cm³/mol. The van der Waals surface area contributed by atoms with Gasteiger partial charge in [-0.1, -0.05) is 71.1 Å². The maximum atomic E-state index is 11.5. The van der Waals surface area contributed by atoms with Crippen molar-refractivity contribution in [2.45, 2.75) is 104 Å². The summed E-state index contributed by atoms with van der Waals surface area (Å²) in [6.07, 6.45) is 14.9. The predicted octanol–water partition coefficient (Wildman–Crippen LogP) is 5.77. The molecule has 0 aliphatic rings. The SMILES string of the molecule is CCCCCCCCCCCCCOCCOCCOCCOCCOCCOCCOCCOCC(=O)OC(C)(C)C. The van der Waals surface area contributed by atoms with E-state index in [9.17, 15) is 4.79 Å². The van der Waals surface area contributed by atoms with Crippen LogP contribution in [-0.2, 0) is 47.4 Å². The number of unbranched alkanes of at least 4 members (excludes halogenated alkanes) is 10. The van der Waals surface area contributed by atoms with E-state index < -0.39 is 5.60 Å². The van der Waals surface area contributed by atoms with E-state index in [-0.39, 0.29) is 12.6 Å². The Bertz CT molecular complexity index is 556. The van der Waals surface area contributed by atoms with Crippen molar-refractivity contribution in [2.24, 2.45) is 0 Å². The van der Waals surface area contributed by atoms with Gasteiger partial charge in [-0.25, -0.2) is 4.79 Å². The minimum Gasteiger partial charge on any atom is -0.458 e. The van der Waals surface area contributed by atoms with E-state index in [1.807, 2.05) is 20.8 Å². The molecule has 0 aromatic rings. The van der Waals surface area contributed by atoms with Gasteiger partial charge in [0.25, 0.3) is 0 Å². The number of rotatable bonds is 35. The van der Waals surface area contributed by atoms with Crippen molar-refractivity contribution in [3.63, 3.8) is 0 Å². The van der Waals surface area contributed by atoms with Gasteiger partial charge in [0, 0.05) is 6.61 Å². The van der Waals surface area contributed by atoms with Crippen molar-refractivity contribution in [1.29, 1.82) is 0 Å². The van der Waals surface area contributed by atoms with Crippen LogP contribution in [0.4, 0.5) is 0 Å². The van der Waals surface area contributed by atoms with E-state index in [0.717, 1.165) is 13.0 Å². The number of ether oxygens (including phenoxy) is 9. The molecule has 0 N–H and O–H groups in total. The maximum Gasteiger partial charge on any atom is 0.332 e. The Morgan fingerprint density at radius 3 is 1.00 bits per heavy atom. The minimum atomic E-state index is -0.502. The molecule has 0 saturated heterocycles. The van der Waals surface area contributed by atoms with Gasteiger partial charge in [-0.05, 0) is 27.2 Å². The van der Waals surface area contributed by atoms with Crippen molar-refractivity contribution in [2.75, 3.05) is 106 Å². The van der Waals surface area contributed by atoms with Gasteiger partial charge in [-0.3, -0.25) is 0 Å². The molecule has 0 fully saturated rings. The molecule has 258 valence electrons. The van der Waals surface area contributed by atoms with Gasteiger partial charge in [-0.2, -0.15) is 0 Å². The first-order valence-electron chi connectivity index (χ1n) is 16.8. The first-order chi connectivity index (χ1) is 21.0. The maximum absolute atomic E-state index is 11.5. The minimum absolute atomic E-state index is 0.0734. The molecule has 43 heavy (non-hydrogen) atoms. The van der Waals surface area contributed by atoms with Gasteiger partial charge in [0.15, 0.2) is 0 Å². The van der Waals surface area contributed by atoms with Crippen LogP contribution in [-0.4, -0.2) is 117 Å². The van der Waals surface area contributed by atoms with Crippen LogP contribution in [0.15, 0.2) is 0 Å². The molecule has 10 nitrogen and oxygen atoms in total. The van der Waals surface area contributed by atoms with Crippen LogP contribution >= 0.6 is 0 Å². The first kappa shape index (κ1) is 42.1. The molecule has 0 unspecified atom stereocenters. The highest BCUT2D eigenvalue weighted by Gasteiger charge is 2.15. The average Bonchev–Trinajstić information content (AvgIpc) is 2.96. The molecule has 0 aromatic carbocycles. The largest absolute Gasteiger partial charge is 0.458 e. The summed E-state index contributed by atoms with van der Waals surface area (Å²) < 4.78 is 48.9. The number of hydrogen-bond donors (Lipinski definition) is 0. The Balaban J connectivity index is 3.09. The third-order valence-electron chi connectivity index (χ3n) is 6.14. The molecule has 0 aliphatic heterocycles. The highest BCUT2D eigenvalue weighted by Crippen LogP contribution is 2.11. The van der Waals surface area contributed by atoms with Crippen LogP contribution in [0.1, 0.15) is 98.3 Å². The Labute approximate surface area is 263 Å². The highest BCUT2D eigenvalue weighted by atomic mass is 16.6. The molecule has 0 aliphatic carbocycles. The number of hydrogen-bond acceptors (Lipinski definition) is 10. The van der Waals surface area contributed by atoms with E-state index in [0.29, 0.717) is 92.5 Å². The summed E-state index contributed by atoms with van der Waals surface area (Å²) >= 11 is 0. The van der Waals surface area contributed by atoms with E-state index >= 15 is 0 Å². The Kier molecular flexibility index (Phi) is 33.4. The standard InChI is InChI=1S/C33H66O10/c1-5-6-7-8-9-10-11-12-13-14-15-16-35-17-18-36-19-20-37-21-22-38-23-24-39-25-26-40-27-28-41-29-30-42-31-32(34)43-33(2,3)4/h5-31H2,1-4H3. The lowest BCUT2D eigenvalue weighted by molar-refractivity contribution is -0.160. The van der Waals surface area contributed by atoms with E-state index in [1.165, 1.54) is 64.2 Å². The molecule has 0 aromatic heterocycles. The van der Waals surface area contributed by atoms with Crippen molar-refractivity contribution in [3.05, 3.63) is 0 Å². The quantitative estimate of drug-likeness (QED) is 0.0640. The molecular formula is C33H66O10. The van der Waals surface area contributed by atoms with Crippen molar-refractivity contribution < 1.29 is 47.4 Å². The third kappa shape index (κ3) is 39.1. The van der Waals surface area contributed by atoms with Crippen LogP contribution in [0.5, 0.6) is 0 Å². The second kappa shape index (κ2) is 34.0. The summed E-state index contributed by atoms with van der Waals surface area (Å²) in [5, 5.41) is 0. The second-order valence-corrected chi connectivity index (χ2v) is 11.5. The Hall–Kier alpha value is -0.850. The lowest BCUT2D eigenvalue weighted by Crippen LogP contribution is -2.27. The first-order valence-corrected chi connectivity index (χ1v) is 16.8. The van der Waals surface area contributed by atoms with E-state index in [4.69, 9.17) is 42.6 Å². The van der Waals surface area contributed by atoms with E-state index in [2.05, 4.69) is 6.92 Å². The molecule has 0 radical (unpaired) electrons. The van der Waals surface area contributed by atoms with Crippen LogP contribution in [0, 0.1) is 0 Å². The highest BCUT2D eigenvalue weighted by molar-refractivity contribution is 5.71. The zero-order chi connectivity index (χ0) is 31.5. The van der Waals surface area contributed by atoms with Gasteiger partial charge in [0.2, 0.25) is 0 Å². The number of carbonyl (C=O) groups excluding carboxylic acids is 1. The molecule has 0 rings (SSSR count). The molecule has 10 heteroatoms. The fraction of sp³-hybridized carbons (Fsp3) is 0.970. The molecule has 0 spiro atoms. The van der Waals surface area contributed by atoms with Crippen LogP contribution in [0.3, 0.4) is 0 Å². The summed E-state index contributed by atoms with van der Waals surface area (Å²) in [6.45, 7) is 15.6. The zero-order valence-corrected chi connectivity index (χ0v) is 28.2. The summed E-state index contributed by atoms with van der Waals surface area (Å²) in [7, 11) is 0. The summed E-state index contributed by atoms with van der Waals surface area (Å²) in [5.74, 6) is -0.378. The van der Waals surface area contributed by atoms with Crippen LogP contribution in [0.25, 0.3) is 0 Å². The summed E-state index contributed by atoms with van der Waals surface area (Å²) in [6, 6.07) is 0. The Morgan fingerprint density at radius 1 is 0.395 bits per heavy atom. The molecule has 0 saturated carbocycles. The summed E-state index contributed by atoms with van der Waals surface area (Å²) in [4.78, 5) is 11.5. The number of esters is 1. The van der Waals surface area contributed by atoms with E-state index in [1.54, 1.807) is 0 Å². The number of carbonyl (C=O) groups is 1. The van der Waals surface area contributed by atoms with Gasteiger partial charge < -0.3 is 42.6 Å². The van der Waals surface area contributed by atoms with Crippen LogP contribution in [0.2, 0.25) is 0 Å². The zero-order valence-electron chi connectivity index (χ0n) is 28.2. The average molecular weight is 623 g/mol. The monoisotopic (exact) mass is 622 g/mol. The van der Waals surface area contributed by atoms with Crippen molar-refractivity contribution >= 4 is 5.97 Å². The smallest absolute Gasteiger partial charge is 0.332 e. The molecule has 0 heterocycles. The fourth-order valence-corrected chi connectivity index (χ4v) is 3.93. The molecule has 0 bridgehead atoms. The normalized spacial score (nSPS) is 11.8. The topological polar surface area (TPSA) is 100 Å². The van der Waals surface area contributed by atoms with Gasteiger partial charge >= 0.3 is 5.97 Å². The molecular weight excluding hydrogens is 556 g/mol. The van der Waals surface area contributed by atoms with Crippen LogP contribution < -0.4 is 0 Å². The Morgan fingerprint density at radius 2 is 0.674 bits per heavy atom. The third-order valence-corrected chi connectivity index (χ3v) is 6.14.